The number of quaternary nitrogens is 1. The third kappa shape index (κ3) is 1.94. The molecular weight excluding hydrogens is 152 g/mol. The number of nitrogens with two attached hydrogens (primary N) is 2. The molecular formula is C8H15N4+. The first kappa shape index (κ1) is 8.99. The highest BCUT2D eigenvalue weighted by molar-refractivity contribution is 5.61. The average molecular weight is 167 g/mol. The van der Waals surface area contributed by atoms with Crippen molar-refractivity contribution in [1.82, 2.24) is 0 Å². The Morgan fingerprint density at radius 1 is 1.42 bits per heavy atom. The van der Waals surface area contributed by atoms with Gasteiger partial charge in [0.25, 0.3) is 0 Å². The number of hydrazine groups is 1. The molecule has 0 aliphatic carbocycles. The fourth-order valence-corrected chi connectivity index (χ4v) is 1.08. The smallest absolute Gasteiger partial charge is 0.152 e. The van der Waals surface area contributed by atoms with E-state index in [1.165, 1.54) is 5.56 Å². The lowest BCUT2D eigenvalue weighted by Gasteiger charge is -2.04. The van der Waals surface area contributed by atoms with Gasteiger partial charge in [-0.3, -0.25) is 5.84 Å². The van der Waals surface area contributed by atoms with E-state index in [-0.39, 0.29) is 0 Å². The van der Waals surface area contributed by atoms with Gasteiger partial charge in [-0.15, -0.1) is 0 Å². The second kappa shape index (κ2) is 4.06. The Bertz CT molecular complexity index is 259. The molecule has 1 aromatic rings. The van der Waals surface area contributed by atoms with Crippen molar-refractivity contribution in [2.24, 2.45) is 11.6 Å². The van der Waals surface area contributed by atoms with Gasteiger partial charge >= 0.3 is 0 Å². The van der Waals surface area contributed by atoms with Crippen molar-refractivity contribution in [3.63, 3.8) is 0 Å². The van der Waals surface area contributed by atoms with E-state index in [1.54, 1.807) is 0 Å². The molecule has 0 aliphatic rings. The van der Waals surface area contributed by atoms with Crippen LogP contribution in [-0.4, -0.2) is 6.54 Å². The monoisotopic (exact) mass is 167 g/mol. The molecule has 0 radical (unpaired) electrons. The van der Waals surface area contributed by atoms with Gasteiger partial charge in [0.2, 0.25) is 0 Å². The first-order valence-corrected chi connectivity index (χ1v) is 3.89. The van der Waals surface area contributed by atoms with E-state index in [1.807, 2.05) is 18.2 Å². The Kier molecular flexibility index (Phi) is 3.04. The largest absolute Gasteiger partial charge is 0.330 e. The first-order valence-electron chi connectivity index (χ1n) is 3.89. The summed E-state index contributed by atoms with van der Waals surface area (Å²) in [5, 5.41) is 0. The molecule has 66 valence electrons. The van der Waals surface area contributed by atoms with Crippen LogP contribution in [0.5, 0.6) is 0 Å². The minimum atomic E-state index is 0.653. The molecule has 0 aromatic heterocycles. The van der Waals surface area contributed by atoms with Gasteiger partial charge in [-0.1, -0.05) is 6.07 Å². The molecule has 0 fully saturated rings. The van der Waals surface area contributed by atoms with Gasteiger partial charge in [0, 0.05) is 6.07 Å². The predicted molar refractivity (Wildman–Crippen MR) is 49.6 cm³/mol. The second-order valence-corrected chi connectivity index (χ2v) is 2.67. The summed E-state index contributed by atoms with van der Waals surface area (Å²) in [7, 11) is 0. The molecule has 0 amide bonds. The Balaban J connectivity index is 2.89. The highest BCUT2D eigenvalue weighted by Gasteiger charge is 2.00. The van der Waals surface area contributed by atoms with E-state index in [2.05, 4.69) is 11.2 Å². The SMILES string of the molecule is NCCc1ccc([NH3+])c(NN)c1. The summed E-state index contributed by atoms with van der Waals surface area (Å²) < 4.78 is 0. The van der Waals surface area contributed by atoms with E-state index < -0.39 is 0 Å². The van der Waals surface area contributed by atoms with Gasteiger partial charge in [-0.05, 0) is 24.6 Å². The topological polar surface area (TPSA) is 91.7 Å². The molecule has 0 aliphatic heterocycles. The summed E-state index contributed by atoms with van der Waals surface area (Å²) >= 11 is 0. The number of anilines is 1. The normalized spacial score (nSPS) is 9.92. The van der Waals surface area contributed by atoms with E-state index in [0.717, 1.165) is 17.8 Å². The minimum absolute atomic E-state index is 0.653. The maximum Gasteiger partial charge on any atom is 0.152 e. The fraction of sp³-hybridized carbons (Fsp3) is 0.250. The van der Waals surface area contributed by atoms with Crippen LogP contribution in [0.15, 0.2) is 18.2 Å². The van der Waals surface area contributed by atoms with E-state index in [9.17, 15) is 0 Å². The number of hydrogen-bond donors (Lipinski definition) is 4. The van der Waals surface area contributed by atoms with Crippen molar-refractivity contribution < 1.29 is 5.73 Å². The lowest BCUT2D eigenvalue weighted by Crippen LogP contribution is -2.41. The predicted octanol–water partition coefficient (Wildman–Crippen LogP) is -0.653. The highest BCUT2D eigenvalue weighted by atomic mass is 15.2. The lowest BCUT2D eigenvalue weighted by atomic mass is 10.1. The van der Waals surface area contributed by atoms with Crippen LogP contribution in [0.25, 0.3) is 0 Å². The fourth-order valence-electron chi connectivity index (χ4n) is 1.08. The van der Waals surface area contributed by atoms with Crippen molar-refractivity contribution in [3.8, 4) is 0 Å². The van der Waals surface area contributed by atoms with Crippen LogP contribution in [0.3, 0.4) is 0 Å². The van der Waals surface area contributed by atoms with Gasteiger partial charge < -0.3 is 16.9 Å². The summed E-state index contributed by atoms with van der Waals surface area (Å²) in [5.74, 6) is 5.29. The molecule has 0 spiro atoms. The summed E-state index contributed by atoms with van der Waals surface area (Å²) in [6.07, 6.45) is 0.870. The van der Waals surface area contributed by atoms with E-state index in [0.29, 0.717) is 6.54 Å². The molecule has 0 saturated carbocycles. The number of nitrogens with one attached hydrogen (secondary N) is 1. The summed E-state index contributed by atoms with van der Waals surface area (Å²) in [4.78, 5) is 0. The quantitative estimate of drug-likeness (QED) is 0.356. The molecule has 8 N–H and O–H groups in total. The zero-order valence-electron chi connectivity index (χ0n) is 7.01. The van der Waals surface area contributed by atoms with Crippen molar-refractivity contribution in [2.45, 2.75) is 6.42 Å². The van der Waals surface area contributed by atoms with Gasteiger partial charge in [-0.25, -0.2) is 0 Å². The molecule has 1 aromatic carbocycles. The molecule has 0 heterocycles. The Morgan fingerprint density at radius 2 is 2.17 bits per heavy atom. The summed E-state index contributed by atoms with van der Waals surface area (Å²) in [6.45, 7) is 0.653. The van der Waals surface area contributed by atoms with Gasteiger partial charge in [0.05, 0.1) is 0 Å². The third-order valence-electron chi connectivity index (χ3n) is 1.76. The molecule has 4 heteroatoms. The van der Waals surface area contributed by atoms with Crippen LogP contribution in [0.2, 0.25) is 0 Å². The Labute approximate surface area is 71.7 Å². The molecule has 0 bridgehead atoms. The van der Waals surface area contributed by atoms with E-state index in [4.69, 9.17) is 11.6 Å². The van der Waals surface area contributed by atoms with Gasteiger partial charge in [0.15, 0.2) is 5.69 Å². The van der Waals surface area contributed by atoms with Crippen LogP contribution in [0.1, 0.15) is 5.56 Å². The maximum atomic E-state index is 5.42. The molecule has 0 atom stereocenters. The van der Waals surface area contributed by atoms with Crippen molar-refractivity contribution in [1.29, 1.82) is 0 Å². The number of rotatable bonds is 3. The van der Waals surface area contributed by atoms with Crippen LogP contribution in [0, 0.1) is 0 Å². The zero-order valence-corrected chi connectivity index (χ0v) is 7.01. The maximum absolute atomic E-state index is 5.42. The summed E-state index contributed by atoms with van der Waals surface area (Å²) in [5.41, 5.74) is 14.8. The standard InChI is InChI=1S/C8H14N4/c9-4-3-6-1-2-7(10)8(5-6)12-11/h1-2,5,12H,3-4,9-11H2/p+1. The Hall–Kier alpha value is -1.10. The molecule has 0 unspecified atom stereocenters. The molecule has 1 rings (SSSR count). The van der Waals surface area contributed by atoms with Crippen LogP contribution in [-0.2, 0) is 6.42 Å². The highest BCUT2D eigenvalue weighted by Crippen LogP contribution is 2.16. The third-order valence-corrected chi connectivity index (χ3v) is 1.76. The van der Waals surface area contributed by atoms with Crippen LogP contribution in [0.4, 0.5) is 11.4 Å². The van der Waals surface area contributed by atoms with Crippen molar-refractivity contribution in [2.75, 3.05) is 12.0 Å². The second-order valence-electron chi connectivity index (χ2n) is 2.67. The number of benzene rings is 1. The molecule has 4 nitrogen and oxygen atoms in total. The number of nitrogen functional groups attached to an aromatic ring is 1. The van der Waals surface area contributed by atoms with Crippen molar-refractivity contribution in [3.05, 3.63) is 23.8 Å². The zero-order chi connectivity index (χ0) is 8.97. The molecule has 12 heavy (non-hydrogen) atoms. The lowest BCUT2D eigenvalue weighted by molar-refractivity contribution is -0.253. The van der Waals surface area contributed by atoms with Crippen LogP contribution < -0.4 is 22.7 Å². The minimum Gasteiger partial charge on any atom is -0.330 e. The van der Waals surface area contributed by atoms with Crippen molar-refractivity contribution >= 4 is 11.4 Å². The first-order chi connectivity index (χ1) is 5.77. The van der Waals surface area contributed by atoms with Gasteiger partial charge in [-0.2, -0.15) is 0 Å². The number of hydrogen-bond acceptors (Lipinski definition) is 3. The Morgan fingerprint density at radius 3 is 2.75 bits per heavy atom. The molecule has 0 saturated heterocycles. The average Bonchev–Trinajstić information content (AvgIpc) is 2.09. The summed E-state index contributed by atoms with van der Waals surface area (Å²) in [6, 6.07) is 5.91. The van der Waals surface area contributed by atoms with E-state index >= 15 is 0 Å². The van der Waals surface area contributed by atoms with Gasteiger partial charge in [0.1, 0.15) is 5.69 Å². The van der Waals surface area contributed by atoms with Crippen LogP contribution >= 0.6 is 0 Å².